The summed E-state index contributed by atoms with van der Waals surface area (Å²) in [4.78, 5) is 24.4. The fourth-order valence-corrected chi connectivity index (χ4v) is 2.33. The summed E-state index contributed by atoms with van der Waals surface area (Å²) in [7, 11) is 1.78. The molecule has 1 atom stereocenters. The van der Waals surface area contributed by atoms with E-state index in [2.05, 4.69) is 10.4 Å². The lowest BCUT2D eigenvalue weighted by Gasteiger charge is -2.31. The smallest absolute Gasteiger partial charge is 0.323 e. The van der Waals surface area contributed by atoms with Gasteiger partial charge < -0.3 is 10.0 Å². The van der Waals surface area contributed by atoms with Gasteiger partial charge in [0.25, 0.3) is 0 Å². The van der Waals surface area contributed by atoms with Crippen molar-refractivity contribution in [3.8, 4) is 0 Å². The number of carbonyl (C=O) groups excluding carboxylic acids is 1. The third kappa shape index (κ3) is 3.70. The Morgan fingerprint density at radius 3 is 3.00 bits per heavy atom. The lowest BCUT2D eigenvalue weighted by molar-refractivity contribution is -0.138. The van der Waals surface area contributed by atoms with Crippen molar-refractivity contribution in [2.75, 3.05) is 18.4 Å². The summed E-state index contributed by atoms with van der Waals surface area (Å²) in [6.45, 7) is 1.15. The monoisotopic (exact) mass is 266 g/mol. The minimum atomic E-state index is -0.808. The second-order valence-electron chi connectivity index (χ2n) is 4.86. The third-order valence-electron chi connectivity index (χ3n) is 3.22. The normalized spacial score (nSPS) is 19.2. The molecule has 2 rings (SSSR count). The van der Waals surface area contributed by atoms with Crippen LogP contribution in [0, 0.1) is 5.92 Å². The molecule has 7 nitrogen and oxygen atoms in total. The zero-order valence-corrected chi connectivity index (χ0v) is 10.9. The van der Waals surface area contributed by atoms with Gasteiger partial charge >= 0.3 is 12.0 Å². The van der Waals surface area contributed by atoms with E-state index < -0.39 is 5.97 Å². The summed E-state index contributed by atoms with van der Waals surface area (Å²) in [6.07, 6.45) is 3.57. The first-order valence-corrected chi connectivity index (χ1v) is 6.32. The fraction of sp³-hybridized carbons (Fsp3) is 0.583. The third-order valence-corrected chi connectivity index (χ3v) is 3.22. The van der Waals surface area contributed by atoms with Gasteiger partial charge in [0.2, 0.25) is 0 Å². The number of anilines is 1. The van der Waals surface area contributed by atoms with Crippen LogP contribution in [0.1, 0.15) is 19.3 Å². The number of urea groups is 1. The van der Waals surface area contributed by atoms with Gasteiger partial charge in [-0.2, -0.15) is 5.10 Å². The second kappa shape index (κ2) is 5.73. The minimum absolute atomic E-state index is 0.0423. The lowest BCUT2D eigenvalue weighted by Crippen LogP contribution is -2.42. The van der Waals surface area contributed by atoms with Gasteiger partial charge in [-0.3, -0.25) is 14.8 Å². The van der Waals surface area contributed by atoms with E-state index in [-0.39, 0.29) is 18.4 Å². The summed E-state index contributed by atoms with van der Waals surface area (Å²) < 4.78 is 1.61. The van der Waals surface area contributed by atoms with Crippen molar-refractivity contribution >= 4 is 17.8 Å². The van der Waals surface area contributed by atoms with E-state index in [4.69, 9.17) is 5.11 Å². The quantitative estimate of drug-likeness (QED) is 0.858. The van der Waals surface area contributed by atoms with Crippen molar-refractivity contribution in [2.45, 2.75) is 19.3 Å². The zero-order valence-electron chi connectivity index (χ0n) is 10.9. The molecule has 0 saturated carbocycles. The Morgan fingerprint density at radius 2 is 2.37 bits per heavy atom. The van der Waals surface area contributed by atoms with Crippen LogP contribution in [0.2, 0.25) is 0 Å². The zero-order chi connectivity index (χ0) is 13.8. The molecule has 0 bridgehead atoms. The van der Waals surface area contributed by atoms with Crippen LogP contribution in [-0.2, 0) is 11.8 Å². The number of likely N-dealkylation sites (tertiary alicyclic amines) is 1. The Balaban J connectivity index is 1.89. The van der Waals surface area contributed by atoms with Crippen LogP contribution in [-0.4, -0.2) is 44.9 Å². The Kier molecular flexibility index (Phi) is 4.03. The van der Waals surface area contributed by atoms with E-state index in [1.165, 1.54) is 0 Å². The molecule has 1 aromatic heterocycles. The predicted octanol–water partition coefficient (Wildman–Crippen LogP) is 1.14. The van der Waals surface area contributed by atoms with Gasteiger partial charge in [-0.05, 0) is 18.8 Å². The molecular formula is C12H18N4O3. The van der Waals surface area contributed by atoms with Gasteiger partial charge in [0.15, 0.2) is 5.82 Å². The van der Waals surface area contributed by atoms with E-state index in [1.807, 2.05) is 0 Å². The molecule has 0 aliphatic carbocycles. The van der Waals surface area contributed by atoms with Crippen molar-refractivity contribution in [1.29, 1.82) is 0 Å². The number of aryl methyl sites for hydroxylation is 1. The van der Waals surface area contributed by atoms with E-state index >= 15 is 0 Å². The summed E-state index contributed by atoms with van der Waals surface area (Å²) in [5.74, 6) is -0.259. The van der Waals surface area contributed by atoms with Crippen molar-refractivity contribution in [3.05, 3.63) is 12.3 Å². The van der Waals surface area contributed by atoms with Crippen molar-refractivity contribution in [2.24, 2.45) is 13.0 Å². The highest BCUT2D eigenvalue weighted by atomic mass is 16.4. The molecule has 1 unspecified atom stereocenters. The minimum Gasteiger partial charge on any atom is -0.481 e. The number of piperidine rings is 1. The number of carboxylic acids is 1. The Bertz CT molecular complexity index is 471. The summed E-state index contributed by atoms with van der Waals surface area (Å²) in [5, 5.41) is 15.6. The first kappa shape index (κ1) is 13.4. The number of nitrogens with one attached hydrogen (secondary N) is 1. The number of hydrogen-bond donors (Lipinski definition) is 2. The van der Waals surface area contributed by atoms with E-state index in [1.54, 1.807) is 28.9 Å². The van der Waals surface area contributed by atoms with Gasteiger partial charge in [-0.25, -0.2) is 4.79 Å². The van der Waals surface area contributed by atoms with E-state index in [0.29, 0.717) is 18.9 Å². The van der Waals surface area contributed by atoms with Crippen LogP contribution in [0.25, 0.3) is 0 Å². The standard InChI is InChI=1S/C12H18N4O3/c1-15-6-4-10(14-15)13-12(19)16-5-2-3-9(8-16)7-11(17)18/h4,6,9H,2-3,5,7-8H2,1H3,(H,17,18)(H,13,14,19). The largest absolute Gasteiger partial charge is 0.481 e. The van der Waals surface area contributed by atoms with Crippen LogP contribution < -0.4 is 5.32 Å². The molecule has 1 saturated heterocycles. The number of aromatic nitrogens is 2. The maximum absolute atomic E-state index is 12.0. The number of aliphatic carboxylic acids is 1. The highest BCUT2D eigenvalue weighted by Gasteiger charge is 2.25. The summed E-state index contributed by atoms with van der Waals surface area (Å²) >= 11 is 0. The van der Waals surface area contributed by atoms with Gasteiger partial charge in [0.05, 0.1) is 0 Å². The van der Waals surface area contributed by atoms with Gasteiger partial charge in [0.1, 0.15) is 0 Å². The Hall–Kier alpha value is -2.05. The molecule has 0 radical (unpaired) electrons. The van der Waals surface area contributed by atoms with E-state index in [0.717, 1.165) is 12.8 Å². The molecule has 1 aliphatic heterocycles. The molecule has 2 N–H and O–H groups in total. The molecule has 2 amide bonds. The topological polar surface area (TPSA) is 87.5 Å². The summed E-state index contributed by atoms with van der Waals surface area (Å²) in [6, 6.07) is 1.50. The molecule has 19 heavy (non-hydrogen) atoms. The number of carboxylic acid groups (broad SMARTS) is 1. The van der Waals surface area contributed by atoms with Crippen LogP contribution in [0.3, 0.4) is 0 Å². The van der Waals surface area contributed by atoms with Crippen molar-refractivity contribution in [3.63, 3.8) is 0 Å². The van der Waals surface area contributed by atoms with Crippen LogP contribution in [0.15, 0.2) is 12.3 Å². The van der Waals surface area contributed by atoms with Gasteiger partial charge in [-0.15, -0.1) is 0 Å². The van der Waals surface area contributed by atoms with Crippen LogP contribution >= 0.6 is 0 Å². The number of amides is 2. The maximum Gasteiger partial charge on any atom is 0.323 e. The lowest BCUT2D eigenvalue weighted by atomic mass is 9.95. The molecule has 7 heteroatoms. The predicted molar refractivity (Wildman–Crippen MR) is 68.8 cm³/mol. The number of carbonyl (C=O) groups is 2. The maximum atomic E-state index is 12.0. The Labute approximate surface area is 111 Å². The van der Waals surface area contributed by atoms with Gasteiger partial charge in [-0.1, -0.05) is 0 Å². The highest BCUT2D eigenvalue weighted by molar-refractivity contribution is 5.88. The molecule has 1 fully saturated rings. The van der Waals surface area contributed by atoms with Crippen LogP contribution in [0.5, 0.6) is 0 Å². The molecule has 0 aromatic carbocycles. The van der Waals surface area contributed by atoms with Crippen LogP contribution in [0.4, 0.5) is 10.6 Å². The summed E-state index contributed by atoms with van der Waals surface area (Å²) in [5.41, 5.74) is 0. The van der Waals surface area contributed by atoms with E-state index in [9.17, 15) is 9.59 Å². The molecule has 0 spiro atoms. The molecular weight excluding hydrogens is 248 g/mol. The number of rotatable bonds is 3. The second-order valence-corrected chi connectivity index (χ2v) is 4.86. The van der Waals surface area contributed by atoms with Crippen molar-refractivity contribution in [1.82, 2.24) is 14.7 Å². The SMILES string of the molecule is Cn1ccc(NC(=O)N2CCCC(CC(=O)O)C2)n1. The fourth-order valence-electron chi connectivity index (χ4n) is 2.33. The molecule has 2 heterocycles. The molecule has 104 valence electrons. The van der Waals surface area contributed by atoms with Gasteiger partial charge in [0, 0.05) is 38.8 Å². The molecule has 1 aromatic rings. The number of nitrogens with zero attached hydrogens (tertiary/aromatic N) is 3. The first-order valence-electron chi connectivity index (χ1n) is 6.32. The number of hydrogen-bond acceptors (Lipinski definition) is 3. The first-order chi connectivity index (χ1) is 9.04. The Morgan fingerprint density at radius 1 is 1.58 bits per heavy atom. The highest BCUT2D eigenvalue weighted by Crippen LogP contribution is 2.20. The molecule has 1 aliphatic rings. The van der Waals surface area contributed by atoms with Crippen molar-refractivity contribution < 1.29 is 14.7 Å². The average molecular weight is 266 g/mol. The average Bonchev–Trinajstić information content (AvgIpc) is 2.74.